The Labute approximate surface area is 151 Å². The summed E-state index contributed by atoms with van der Waals surface area (Å²) in [6.45, 7) is 2.27. The van der Waals surface area contributed by atoms with Gasteiger partial charge in [0, 0.05) is 16.5 Å². The highest BCUT2D eigenvalue weighted by Crippen LogP contribution is 2.25. The lowest BCUT2D eigenvalue weighted by Gasteiger charge is -2.07. The number of rotatable bonds is 9. The topological polar surface area (TPSA) is 38.9 Å². The molecule has 132 valence electrons. The predicted octanol–water partition coefficient (Wildman–Crippen LogP) is 6.65. The van der Waals surface area contributed by atoms with Crippen LogP contribution >= 0.6 is 0 Å². The average Bonchev–Trinajstić information content (AvgIpc) is 2.63. The predicted molar refractivity (Wildman–Crippen MR) is 110 cm³/mol. The molecule has 0 fully saturated rings. The number of nitrogens with two attached hydrogens (primary N) is 1. The summed E-state index contributed by atoms with van der Waals surface area (Å²) in [6.07, 6.45) is 12.1. The largest absolute Gasteiger partial charge is 0.398 e. The molecular weight excluding hydrogens is 304 g/mol. The first kappa shape index (κ1) is 17.7. The van der Waals surface area contributed by atoms with Crippen molar-refractivity contribution in [2.24, 2.45) is 0 Å². The molecule has 1 heterocycles. The Hall–Kier alpha value is -2.09. The van der Waals surface area contributed by atoms with Crippen molar-refractivity contribution >= 4 is 27.5 Å². The lowest BCUT2D eigenvalue weighted by Crippen LogP contribution is -1.91. The van der Waals surface area contributed by atoms with Crippen molar-refractivity contribution in [3.63, 3.8) is 0 Å². The second kappa shape index (κ2) is 8.84. The van der Waals surface area contributed by atoms with Gasteiger partial charge < -0.3 is 5.73 Å². The standard InChI is InChI=1S/C23H30N2/c1-2-3-4-5-6-7-8-9-11-18-14-15-19-17-20-21(24)12-10-13-22(20)25-23(19)16-18/h10,12-17H,2-9,11,24H2,1H3. The van der Waals surface area contributed by atoms with Crippen LogP contribution in [0.3, 0.4) is 0 Å². The number of benzene rings is 2. The molecule has 2 aromatic carbocycles. The van der Waals surface area contributed by atoms with E-state index in [4.69, 9.17) is 10.7 Å². The Bertz CT molecular complexity index is 823. The van der Waals surface area contributed by atoms with Gasteiger partial charge >= 0.3 is 0 Å². The Kier molecular flexibility index (Phi) is 6.27. The fourth-order valence-electron chi connectivity index (χ4n) is 3.54. The SMILES string of the molecule is CCCCCCCCCCc1ccc2cc3c(N)cccc3nc2c1. The smallest absolute Gasteiger partial charge is 0.0730 e. The zero-order chi connectivity index (χ0) is 17.5. The molecule has 2 N–H and O–H groups in total. The number of nitrogens with zero attached hydrogens (tertiary/aromatic N) is 1. The number of nitrogen functional groups attached to an aromatic ring is 1. The van der Waals surface area contributed by atoms with Crippen LogP contribution in [0.4, 0.5) is 5.69 Å². The van der Waals surface area contributed by atoms with Crippen LogP contribution in [0.5, 0.6) is 0 Å². The maximum absolute atomic E-state index is 6.07. The summed E-state index contributed by atoms with van der Waals surface area (Å²) in [5.74, 6) is 0. The summed E-state index contributed by atoms with van der Waals surface area (Å²) in [4.78, 5) is 4.81. The lowest BCUT2D eigenvalue weighted by molar-refractivity contribution is 0.575. The van der Waals surface area contributed by atoms with E-state index < -0.39 is 0 Å². The lowest BCUT2D eigenvalue weighted by atomic mass is 10.0. The van der Waals surface area contributed by atoms with E-state index >= 15 is 0 Å². The maximum Gasteiger partial charge on any atom is 0.0730 e. The number of aromatic nitrogens is 1. The minimum Gasteiger partial charge on any atom is -0.398 e. The van der Waals surface area contributed by atoms with Crippen molar-refractivity contribution in [2.45, 2.75) is 64.7 Å². The van der Waals surface area contributed by atoms with Crippen molar-refractivity contribution in [3.05, 3.63) is 48.0 Å². The van der Waals surface area contributed by atoms with Crippen LogP contribution in [-0.2, 0) is 6.42 Å². The van der Waals surface area contributed by atoms with Gasteiger partial charge in [-0.15, -0.1) is 0 Å². The van der Waals surface area contributed by atoms with E-state index in [0.717, 1.165) is 28.5 Å². The van der Waals surface area contributed by atoms with Crippen LogP contribution in [0.1, 0.15) is 63.9 Å². The summed E-state index contributed by atoms with van der Waals surface area (Å²) in [5.41, 5.74) is 10.3. The first-order valence-corrected chi connectivity index (χ1v) is 9.86. The van der Waals surface area contributed by atoms with Gasteiger partial charge in [0.25, 0.3) is 0 Å². The number of hydrogen-bond donors (Lipinski definition) is 1. The average molecular weight is 335 g/mol. The molecule has 0 unspecified atom stereocenters. The monoisotopic (exact) mass is 334 g/mol. The van der Waals surface area contributed by atoms with Gasteiger partial charge in [-0.05, 0) is 42.7 Å². The first-order chi connectivity index (χ1) is 12.3. The van der Waals surface area contributed by atoms with E-state index in [2.05, 4.69) is 31.2 Å². The Morgan fingerprint density at radius 3 is 2.36 bits per heavy atom. The van der Waals surface area contributed by atoms with Crippen LogP contribution in [0.25, 0.3) is 21.8 Å². The maximum atomic E-state index is 6.07. The number of unbranched alkanes of at least 4 members (excludes halogenated alkanes) is 7. The zero-order valence-corrected chi connectivity index (χ0v) is 15.4. The third-order valence-corrected chi connectivity index (χ3v) is 5.07. The molecule has 0 aliphatic carbocycles. The molecule has 0 spiro atoms. The highest BCUT2D eigenvalue weighted by atomic mass is 14.7. The molecule has 0 bridgehead atoms. The molecular formula is C23H30N2. The van der Waals surface area contributed by atoms with Crippen LogP contribution in [-0.4, -0.2) is 4.98 Å². The molecule has 0 radical (unpaired) electrons. The molecule has 25 heavy (non-hydrogen) atoms. The fraction of sp³-hybridized carbons (Fsp3) is 0.435. The van der Waals surface area contributed by atoms with Gasteiger partial charge in [0.1, 0.15) is 0 Å². The van der Waals surface area contributed by atoms with Crippen molar-refractivity contribution in [2.75, 3.05) is 5.73 Å². The van der Waals surface area contributed by atoms with Crippen LogP contribution in [0.2, 0.25) is 0 Å². The second-order valence-corrected chi connectivity index (χ2v) is 7.15. The summed E-state index contributed by atoms with van der Waals surface area (Å²) in [6, 6.07) is 14.8. The van der Waals surface area contributed by atoms with Gasteiger partial charge in [-0.1, -0.05) is 70.1 Å². The van der Waals surface area contributed by atoms with Gasteiger partial charge in [0.15, 0.2) is 0 Å². The van der Waals surface area contributed by atoms with Gasteiger partial charge in [-0.25, -0.2) is 4.98 Å². The van der Waals surface area contributed by atoms with Gasteiger partial charge in [-0.2, -0.15) is 0 Å². The molecule has 0 atom stereocenters. The normalized spacial score (nSPS) is 11.4. The van der Waals surface area contributed by atoms with Crippen molar-refractivity contribution in [1.29, 1.82) is 0 Å². The van der Waals surface area contributed by atoms with E-state index in [1.807, 2.05) is 18.2 Å². The minimum absolute atomic E-state index is 0.801. The molecule has 3 rings (SSSR count). The Morgan fingerprint density at radius 2 is 1.56 bits per heavy atom. The molecule has 2 nitrogen and oxygen atoms in total. The van der Waals surface area contributed by atoms with Gasteiger partial charge in [0.05, 0.1) is 11.0 Å². The number of hydrogen-bond acceptors (Lipinski definition) is 2. The van der Waals surface area contributed by atoms with Crippen molar-refractivity contribution in [1.82, 2.24) is 4.98 Å². The van der Waals surface area contributed by atoms with Crippen LogP contribution in [0, 0.1) is 0 Å². The molecule has 1 aromatic heterocycles. The zero-order valence-electron chi connectivity index (χ0n) is 15.4. The highest BCUT2D eigenvalue weighted by Gasteiger charge is 2.04. The van der Waals surface area contributed by atoms with E-state index in [9.17, 15) is 0 Å². The Balaban J connectivity index is 1.57. The fourth-order valence-corrected chi connectivity index (χ4v) is 3.54. The highest BCUT2D eigenvalue weighted by molar-refractivity contribution is 5.98. The van der Waals surface area contributed by atoms with Crippen molar-refractivity contribution in [3.8, 4) is 0 Å². The van der Waals surface area contributed by atoms with E-state index in [1.165, 1.54) is 62.3 Å². The van der Waals surface area contributed by atoms with Gasteiger partial charge in [0.2, 0.25) is 0 Å². The first-order valence-electron chi connectivity index (χ1n) is 9.86. The molecule has 0 saturated heterocycles. The molecule has 0 amide bonds. The minimum atomic E-state index is 0.801. The van der Waals surface area contributed by atoms with Crippen LogP contribution < -0.4 is 5.73 Å². The van der Waals surface area contributed by atoms with E-state index in [1.54, 1.807) is 0 Å². The number of anilines is 1. The summed E-state index contributed by atoms with van der Waals surface area (Å²) in [7, 11) is 0. The molecule has 2 heteroatoms. The molecule has 3 aromatic rings. The van der Waals surface area contributed by atoms with Crippen molar-refractivity contribution < 1.29 is 0 Å². The van der Waals surface area contributed by atoms with Gasteiger partial charge in [-0.3, -0.25) is 0 Å². The van der Waals surface area contributed by atoms with E-state index in [-0.39, 0.29) is 0 Å². The Morgan fingerprint density at radius 1 is 0.800 bits per heavy atom. The summed E-state index contributed by atoms with van der Waals surface area (Å²) >= 11 is 0. The molecule has 0 aliphatic heterocycles. The number of pyridine rings is 1. The third kappa shape index (κ3) is 4.72. The quantitative estimate of drug-likeness (QED) is 0.270. The number of aryl methyl sites for hydroxylation is 1. The van der Waals surface area contributed by atoms with E-state index in [0.29, 0.717) is 0 Å². The molecule has 0 saturated carbocycles. The summed E-state index contributed by atoms with van der Waals surface area (Å²) < 4.78 is 0. The van der Waals surface area contributed by atoms with Crippen LogP contribution in [0.15, 0.2) is 42.5 Å². The number of fused-ring (bicyclic) bond motifs is 2. The third-order valence-electron chi connectivity index (χ3n) is 5.07. The molecule has 0 aliphatic rings. The second-order valence-electron chi connectivity index (χ2n) is 7.15. The summed E-state index contributed by atoms with van der Waals surface area (Å²) in [5, 5.41) is 2.22.